The molecule has 0 saturated heterocycles. The Bertz CT molecular complexity index is 132. The number of halogens is 3. The first-order valence-electron chi connectivity index (χ1n) is 3.75. The van der Waals surface area contributed by atoms with Crippen LogP contribution in [-0.4, -0.2) is 17.4 Å². The second-order valence-corrected chi connectivity index (χ2v) is 3.06. The van der Waals surface area contributed by atoms with E-state index in [2.05, 4.69) is 0 Å². The normalized spacial score (nSPS) is 33.8. The van der Waals surface area contributed by atoms with Crippen LogP contribution in [0.25, 0.3) is 0 Å². The lowest BCUT2D eigenvalue weighted by Crippen LogP contribution is -2.30. The average molecular weight is 168 g/mol. The summed E-state index contributed by atoms with van der Waals surface area (Å²) in [6.45, 7) is 0. The third-order valence-electron chi connectivity index (χ3n) is 2.11. The molecular formula is C7H11F3O. The second kappa shape index (κ2) is 3.01. The Morgan fingerprint density at radius 2 is 1.82 bits per heavy atom. The van der Waals surface area contributed by atoms with Gasteiger partial charge in [0.05, 0.1) is 12.0 Å². The van der Waals surface area contributed by atoms with Crippen LogP contribution in [0.15, 0.2) is 0 Å². The Morgan fingerprint density at radius 1 is 1.18 bits per heavy atom. The first-order valence-corrected chi connectivity index (χ1v) is 3.75. The highest BCUT2D eigenvalue weighted by Gasteiger charge is 2.41. The summed E-state index contributed by atoms with van der Waals surface area (Å²) >= 11 is 0. The summed E-state index contributed by atoms with van der Waals surface area (Å²) in [5.74, 6) is -1.27. The quantitative estimate of drug-likeness (QED) is 0.587. The number of rotatable bonds is 0. The van der Waals surface area contributed by atoms with Gasteiger partial charge in [0, 0.05) is 0 Å². The SMILES string of the molecule is O[C@H]1CCC[C@@H](C(F)(F)F)C1. The Balaban J connectivity index is 2.46. The van der Waals surface area contributed by atoms with E-state index in [-0.39, 0.29) is 12.8 Å². The van der Waals surface area contributed by atoms with Gasteiger partial charge in [-0.1, -0.05) is 6.42 Å². The van der Waals surface area contributed by atoms with E-state index in [0.29, 0.717) is 12.8 Å². The van der Waals surface area contributed by atoms with Gasteiger partial charge in [0.25, 0.3) is 0 Å². The van der Waals surface area contributed by atoms with E-state index < -0.39 is 18.2 Å². The maximum Gasteiger partial charge on any atom is 0.391 e. The summed E-state index contributed by atoms with van der Waals surface area (Å²) in [6, 6.07) is 0. The van der Waals surface area contributed by atoms with Crippen LogP contribution in [0.5, 0.6) is 0 Å². The van der Waals surface area contributed by atoms with E-state index in [0.717, 1.165) is 0 Å². The second-order valence-electron chi connectivity index (χ2n) is 3.06. The maximum absolute atomic E-state index is 12.0. The molecule has 1 nitrogen and oxygen atoms in total. The Morgan fingerprint density at radius 3 is 2.18 bits per heavy atom. The first kappa shape index (κ1) is 8.84. The Labute approximate surface area is 63.2 Å². The standard InChI is InChI=1S/C7H11F3O/c8-7(9,10)5-2-1-3-6(11)4-5/h5-6,11H,1-4H2/t5-,6+/m1/s1. The molecule has 0 heterocycles. The fourth-order valence-corrected chi connectivity index (χ4v) is 1.46. The molecule has 1 fully saturated rings. The molecule has 0 aromatic rings. The summed E-state index contributed by atoms with van der Waals surface area (Å²) in [5, 5.41) is 8.94. The molecule has 0 amide bonds. The predicted octanol–water partition coefficient (Wildman–Crippen LogP) is 2.10. The lowest BCUT2D eigenvalue weighted by atomic mass is 9.87. The molecule has 1 N–H and O–H groups in total. The van der Waals surface area contributed by atoms with Crippen molar-refractivity contribution in [2.45, 2.75) is 38.0 Å². The van der Waals surface area contributed by atoms with E-state index in [1.807, 2.05) is 0 Å². The molecule has 0 bridgehead atoms. The number of hydrogen-bond donors (Lipinski definition) is 1. The number of aliphatic hydroxyl groups is 1. The molecule has 1 aliphatic carbocycles. The van der Waals surface area contributed by atoms with Gasteiger partial charge >= 0.3 is 6.18 Å². The summed E-state index contributed by atoms with van der Waals surface area (Å²) in [4.78, 5) is 0. The molecule has 1 rings (SSSR count). The molecule has 0 aromatic carbocycles. The van der Waals surface area contributed by atoms with Crippen LogP contribution in [0.4, 0.5) is 13.2 Å². The summed E-state index contributed by atoms with van der Waals surface area (Å²) in [7, 11) is 0. The van der Waals surface area contributed by atoms with Crippen molar-refractivity contribution in [1.29, 1.82) is 0 Å². The molecule has 4 heteroatoms. The summed E-state index contributed by atoms with van der Waals surface area (Å²) in [6.07, 6.45) is -3.76. The van der Waals surface area contributed by atoms with Crippen LogP contribution in [0.3, 0.4) is 0 Å². The van der Waals surface area contributed by atoms with E-state index in [1.165, 1.54) is 0 Å². The number of hydrogen-bond acceptors (Lipinski definition) is 1. The van der Waals surface area contributed by atoms with Crippen molar-refractivity contribution in [2.24, 2.45) is 5.92 Å². The molecule has 1 saturated carbocycles. The molecule has 0 aliphatic heterocycles. The van der Waals surface area contributed by atoms with Crippen molar-refractivity contribution in [3.63, 3.8) is 0 Å². The molecule has 1 aliphatic rings. The molecule has 66 valence electrons. The number of aliphatic hydroxyl groups excluding tert-OH is 1. The molecule has 2 atom stereocenters. The minimum Gasteiger partial charge on any atom is -0.393 e. The van der Waals surface area contributed by atoms with E-state index in [1.54, 1.807) is 0 Å². The molecule has 0 radical (unpaired) electrons. The monoisotopic (exact) mass is 168 g/mol. The van der Waals surface area contributed by atoms with Crippen LogP contribution >= 0.6 is 0 Å². The minimum absolute atomic E-state index is 0.108. The smallest absolute Gasteiger partial charge is 0.391 e. The molecule has 0 unspecified atom stereocenters. The topological polar surface area (TPSA) is 20.2 Å². The zero-order valence-electron chi connectivity index (χ0n) is 6.06. The fraction of sp³-hybridized carbons (Fsp3) is 1.00. The third-order valence-corrected chi connectivity index (χ3v) is 2.11. The van der Waals surface area contributed by atoms with Gasteiger partial charge in [-0.3, -0.25) is 0 Å². The van der Waals surface area contributed by atoms with E-state index in [9.17, 15) is 13.2 Å². The minimum atomic E-state index is -4.11. The largest absolute Gasteiger partial charge is 0.393 e. The van der Waals surface area contributed by atoms with Gasteiger partial charge in [0.15, 0.2) is 0 Å². The third kappa shape index (κ3) is 2.36. The predicted molar refractivity (Wildman–Crippen MR) is 34.0 cm³/mol. The van der Waals surface area contributed by atoms with Crippen LogP contribution in [-0.2, 0) is 0 Å². The van der Waals surface area contributed by atoms with Crippen molar-refractivity contribution in [3.8, 4) is 0 Å². The lowest BCUT2D eigenvalue weighted by molar-refractivity contribution is -0.189. The van der Waals surface area contributed by atoms with Gasteiger partial charge in [0.1, 0.15) is 0 Å². The molecule has 0 aromatic heterocycles. The Kier molecular flexibility index (Phi) is 2.42. The van der Waals surface area contributed by atoms with Gasteiger partial charge in [-0.15, -0.1) is 0 Å². The van der Waals surface area contributed by atoms with Gasteiger partial charge in [-0.2, -0.15) is 13.2 Å². The summed E-state index contributed by atoms with van der Waals surface area (Å²) in [5.41, 5.74) is 0. The van der Waals surface area contributed by atoms with Crippen LogP contribution in [0, 0.1) is 5.92 Å². The van der Waals surface area contributed by atoms with Gasteiger partial charge in [-0.25, -0.2) is 0 Å². The van der Waals surface area contributed by atoms with Crippen LogP contribution in [0.1, 0.15) is 25.7 Å². The maximum atomic E-state index is 12.0. The van der Waals surface area contributed by atoms with Gasteiger partial charge < -0.3 is 5.11 Å². The highest BCUT2D eigenvalue weighted by atomic mass is 19.4. The zero-order valence-corrected chi connectivity index (χ0v) is 6.06. The van der Waals surface area contributed by atoms with Gasteiger partial charge in [0.2, 0.25) is 0 Å². The molecule has 0 spiro atoms. The lowest BCUT2D eigenvalue weighted by Gasteiger charge is -2.27. The van der Waals surface area contributed by atoms with Crippen molar-refractivity contribution >= 4 is 0 Å². The molecule has 11 heavy (non-hydrogen) atoms. The zero-order chi connectivity index (χ0) is 8.48. The highest BCUT2D eigenvalue weighted by Crippen LogP contribution is 2.37. The first-order chi connectivity index (χ1) is 5.00. The van der Waals surface area contributed by atoms with Crippen LogP contribution < -0.4 is 0 Å². The van der Waals surface area contributed by atoms with Crippen LogP contribution in [0.2, 0.25) is 0 Å². The number of alkyl halides is 3. The van der Waals surface area contributed by atoms with Crippen molar-refractivity contribution in [3.05, 3.63) is 0 Å². The van der Waals surface area contributed by atoms with E-state index in [4.69, 9.17) is 5.11 Å². The Hall–Kier alpha value is -0.250. The highest BCUT2D eigenvalue weighted by molar-refractivity contribution is 4.76. The summed E-state index contributed by atoms with van der Waals surface area (Å²) < 4.78 is 36.0. The average Bonchev–Trinajstić information content (AvgIpc) is 1.86. The molecular weight excluding hydrogens is 157 g/mol. The van der Waals surface area contributed by atoms with E-state index >= 15 is 0 Å². The fourth-order valence-electron chi connectivity index (χ4n) is 1.46. The van der Waals surface area contributed by atoms with Crippen molar-refractivity contribution in [2.75, 3.05) is 0 Å². The van der Waals surface area contributed by atoms with Crippen molar-refractivity contribution < 1.29 is 18.3 Å². The van der Waals surface area contributed by atoms with Gasteiger partial charge in [-0.05, 0) is 19.3 Å². The van der Waals surface area contributed by atoms with Crippen molar-refractivity contribution in [1.82, 2.24) is 0 Å².